The van der Waals surface area contributed by atoms with E-state index in [-0.39, 0.29) is 5.91 Å². The van der Waals surface area contributed by atoms with Gasteiger partial charge in [0.25, 0.3) is 5.91 Å². The van der Waals surface area contributed by atoms with Crippen molar-refractivity contribution in [2.45, 2.75) is 26.8 Å². The van der Waals surface area contributed by atoms with E-state index in [0.29, 0.717) is 24.4 Å². The first-order chi connectivity index (χ1) is 9.61. The smallest absolute Gasteiger partial charge is 0.254 e. The van der Waals surface area contributed by atoms with Crippen LogP contribution in [0.3, 0.4) is 0 Å². The van der Waals surface area contributed by atoms with Crippen molar-refractivity contribution in [1.82, 2.24) is 5.32 Å². The molecule has 20 heavy (non-hydrogen) atoms. The molecule has 1 heterocycles. The molecule has 0 saturated carbocycles. The van der Waals surface area contributed by atoms with Crippen molar-refractivity contribution in [3.8, 4) is 0 Å². The highest BCUT2D eigenvalue weighted by molar-refractivity contribution is 5.93. The average molecular weight is 272 g/mol. The van der Waals surface area contributed by atoms with E-state index in [4.69, 9.17) is 10.2 Å². The van der Waals surface area contributed by atoms with Crippen LogP contribution in [0.1, 0.15) is 32.8 Å². The molecular weight excluding hydrogens is 252 g/mol. The van der Waals surface area contributed by atoms with Crippen LogP contribution in [0.4, 0.5) is 0 Å². The van der Waals surface area contributed by atoms with Gasteiger partial charge in [-0.2, -0.15) is 0 Å². The molecule has 0 bridgehead atoms. The van der Waals surface area contributed by atoms with E-state index in [1.807, 2.05) is 6.07 Å². The lowest BCUT2D eigenvalue weighted by Gasteiger charge is -2.10. The molecule has 0 radical (unpaired) electrons. The standard InChI is InChI=1S/C16H20N2O2/c1-11-4-3-5-12(2)15(11)6-7-18-16(19)13-8-14(9-17)20-10-13/h3-5,8,10H,6-7,9,17H2,1-2H3,(H,18,19). The van der Waals surface area contributed by atoms with Crippen molar-refractivity contribution < 1.29 is 9.21 Å². The van der Waals surface area contributed by atoms with Gasteiger partial charge in [-0.3, -0.25) is 4.79 Å². The number of nitrogens with one attached hydrogen (secondary N) is 1. The van der Waals surface area contributed by atoms with Crippen LogP contribution in [0.2, 0.25) is 0 Å². The number of benzene rings is 1. The molecule has 1 aromatic carbocycles. The molecule has 4 nitrogen and oxygen atoms in total. The van der Waals surface area contributed by atoms with E-state index in [2.05, 4.69) is 31.3 Å². The topological polar surface area (TPSA) is 68.3 Å². The fourth-order valence-corrected chi connectivity index (χ4v) is 2.25. The minimum Gasteiger partial charge on any atom is -0.467 e. The summed E-state index contributed by atoms with van der Waals surface area (Å²) in [5, 5.41) is 2.90. The third-order valence-corrected chi connectivity index (χ3v) is 3.42. The third kappa shape index (κ3) is 3.27. The highest BCUT2D eigenvalue weighted by Crippen LogP contribution is 2.13. The maximum absolute atomic E-state index is 11.9. The number of hydrogen-bond acceptors (Lipinski definition) is 3. The van der Waals surface area contributed by atoms with E-state index >= 15 is 0 Å². The summed E-state index contributed by atoms with van der Waals surface area (Å²) in [6.45, 7) is 5.09. The lowest BCUT2D eigenvalue weighted by atomic mass is 10.0. The molecule has 0 unspecified atom stereocenters. The molecule has 0 aliphatic heterocycles. The Hall–Kier alpha value is -2.07. The van der Waals surface area contributed by atoms with Crippen molar-refractivity contribution in [3.63, 3.8) is 0 Å². The van der Waals surface area contributed by atoms with Gasteiger partial charge in [-0.25, -0.2) is 0 Å². The molecule has 0 fully saturated rings. The molecule has 0 aliphatic carbocycles. The second-order valence-electron chi connectivity index (χ2n) is 4.88. The Kier molecular flexibility index (Phi) is 4.58. The highest BCUT2D eigenvalue weighted by atomic mass is 16.3. The number of amides is 1. The molecule has 4 heteroatoms. The van der Waals surface area contributed by atoms with Gasteiger partial charge in [0, 0.05) is 6.54 Å². The molecule has 0 spiro atoms. The van der Waals surface area contributed by atoms with Crippen molar-refractivity contribution >= 4 is 5.91 Å². The number of carbonyl (C=O) groups is 1. The zero-order valence-electron chi connectivity index (χ0n) is 11.9. The Labute approximate surface area is 119 Å². The van der Waals surface area contributed by atoms with Crippen molar-refractivity contribution in [2.75, 3.05) is 6.54 Å². The molecule has 0 aliphatic rings. The van der Waals surface area contributed by atoms with Crippen LogP contribution >= 0.6 is 0 Å². The lowest BCUT2D eigenvalue weighted by Crippen LogP contribution is -2.25. The second kappa shape index (κ2) is 6.39. The fraction of sp³-hybridized carbons (Fsp3) is 0.312. The molecule has 2 rings (SSSR count). The zero-order chi connectivity index (χ0) is 14.5. The first-order valence-corrected chi connectivity index (χ1v) is 6.72. The summed E-state index contributed by atoms with van der Waals surface area (Å²) in [6.07, 6.45) is 2.27. The normalized spacial score (nSPS) is 10.6. The van der Waals surface area contributed by atoms with Crippen LogP contribution in [0.5, 0.6) is 0 Å². The monoisotopic (exact) mass is 272 g/mol. The molecule has 3 N–H and O–H groups in total. The molecular formula is C16H20N2O2. The van der Waals surface area contributed by atoms with Crippen LogP contribution < -0.4 is 11.1 Å². The van der Waals surface area contributed by atoms with E-state index in [1.54, 1.807) is 6.07 Å². The summed E-state index contributed by atoms with van der Waals surface area (Å²) < 4.78 is 5.15. The minimum absolute atomic E-state index is 0.125. The van der Waals surface area contributed by atoms with Gasteiger partial charge in [0.1, 0.15) is 12.0 Å². The first-order valence-electron chi connectivity index (χ1n) is 6.72. The summed E-state index contributed by atoms with van der Waals surface area (Å²) in [4.78, 5) is 11.9. The van der Waals surface area contributed by atoms with Crippen LogP contribution in [-0.4, -0.2) is 12.5 Å². The zero-order valence-corrected chi connectivity index (χ0v) is 11.9. The Morgan fingerprint density at radius 1 is 1.30 bits per heavy atom. The SMILES string of the molecule is Cc1cccc(C)c1CCNC(=O)c1coc(CN)c1. The highest BCUT2D eigenvalue weighted by Gasteiger charge is 2.09. The molecule has 0 atom stereocenters. The van der Waals surface area contributed by atoms with Gasteiger partial charge >= 0.3 is 0 Å². The van der Waals surface area contributed by atoms with E-state index in [0.717, 1.165) is 6.42 Å². The van der Waals surface area contributed by atoms with Crippen molar-refractivity contribution in [2.24, 2.45) is 5.73 Å². The van der Waals surface area contributed by atoms with Gasteiger partial charge in [0.2, 0.25) is 0 Å². The summed E-state index contributed by atoms with van der Waals surface area (Å²) in [6, 6.07) is 7.91. The fourth-order valence-electron chi connectivity index (χ4n) is 2.25. The van der Waals surface area contributed by atoms with Gasteiger partial charge in [0.15, 0.2) is 0 Å². The average Bonchev–Trinajstić information content (AvgIpc) is 2.91. The van der Waals surface area contributed by atoms with E-state index in [9.17, 15) is 4.79 Å². The van der Waals surface area contributed by atoms with Gasteiger partial charge < -0.3 is 15.5 Å². The summed E-state index contributed by atoms with van der Waals surface area (Å²) in [7, 11) is 0. The van der Waals surface area contributed by atoms with Crippen LogP contribution in [0, 0.1) is 13.8 Å². The van der Waals surface area contributed by atoms with Crippen LogP contribution in [-0.2, 0) is 13.0 Å². The number of aryl methyl sites for hydroxylation is 2. The van der Waals surface area contributed by atoms with Gasteiger partial charge in [-0.05, 0) is 43.0 Å². The quantitative estimate of drug-likeness (QED) is 0.877. The lowest BCUT2D eigenvalue weighted by molar-refractivity contribution is 0.0953. The van der Waals surface area contributed by atoms with Crippen molar-refractivity contribution in [3.05, 3.63) is 58.5 Å². The molecule has 1 amide bonds. The largest absolute Gasteiger partial charge is 0.467 e. The van der Waals surface area contributed by atoms with Crippen LogP contribution in [0.25, 0.3) is 0 Å². The number of furan rings is 1. The van der Waals surface area contributed by atoms with Crippen LogP contribution in [0.15, 0.2) is 34.9 Å². The Morgan fingerprint density at radius 3 is 2.60 bits per heavy atom. The number of hydrogen-bond donors (Lipinski definition) is 2. The summed E-state index contributed by atoms with van der Waals surface area (Å²) in [5.74, 6) is 0.490. The Morgan fingerprint density at radius 2 is 2.00 bits per heavy atom. The minimum atomic E-state index is -0.125. The summed E-state index contributed by atoms with van der Waals surface area (Å²) in [5.41, 5.74) is 9.78. The van der Waals surface area contributed by atoms with E-state index in [1.165, 1.54) is 23.0 Å². The maximum Gasteiger partial charge on any atom is 0.254 e. The van der Waals surface area contributed by atoms with Gasteiger partial charge in [-0.1, -0.05) is 18.2 Å². The molecule has 2 aromatic rings. The maximum atomic E-state index is 11.9. The molecule has 0 saturated heterocycles. The van der Waals surface area contributed by atoms with E-state index < -0.39 is 0 Å². The summed E-state index contributed by atoms with van der Waals surface area (Å²) >= 11 is 0. The first kappa shape index (κ1) is 14.3. The predicted molar refractivity (Wildman–Crippen MR) is 78.6 cm³/mol. The third-order valence-electron chi connectivity index (χ3n) is 3.42. The Balaban J connectivity index is 1.91. The second-order valence-corrected chi connectivity index (χ2v) is 4.88. The van der Waals surface area contributed by atoms with Gasteiger partial charge in [0.05, 0.1) is 12.1 Å². The van der Waals surface area contributed by atoms with Crippen molar-refractivity contribution in [1.29, 1.82) is 0 Å². The number of carbonyl (C=O) groups excluding carboxylic acids is 1. The molecule has 1 aromatic heterocycles. The van der Waals surface area contributed by atoms with Gasteiger partial charge in [-0.15, -0.1) is 0 Å². The number of rotatable bonds is 5. The Bertz CT molecular complexity index is 582. The molecule has 106 valence electrons. The predicted octanol–water partition coefficient (Wildman–Crippen LogP) is 2.33. The number of nitrogens with two attached hydrogens (primary N) is 1.